The molecule has 0 aliphatic carbocycles. The number of hydrogen-bond acceptors (Lipinski definition) is 4. The molecular weight excluding hydrogens is 208 g/mol. The molecule has 16 heavy (non-hydrogen) atoms. The van der Waals surface area contributed by atoms with E-state index in [1.165, 1.54) is 10.8 Å². The second-order valence-electron chi connectivity index (χ2n) is 3.62. The highest BCUT2D eigenvalue weighted by molar-refractivity contribution is 5.76. The number of pyridine rings is 2. The Morgan fingerprint density at radius 1 is 1.38 bits per heavy atom. The Kier molecular flexibility index (Phi) is 2.72. The van der Waals surface area contributed by atoms with E-state index in [4.69, 9.17) is 10.2 Å². The fourth-order valence-corrected chi connectivity index (χ4v) is 1.55. The molecule has 1 atom stereocenters. The van der Waals surface area contributed by atoms with E-state index in [1.54, 1.807) is 31.3 Å². The molecule has 2 aromatic rings. The molecule has 2 heterocycles. The van der Waals surface area contributed by atoms with E-state index in [0.29, 0.717) is 10.9 Å². The maximum atomic E-state index is 12.0. The third-order valence-corrected chi connectivity index (χ3v) is 2.57. The number of hydrogen-bond donors (Lipinski definition) is 2. The molecule has 5 nitrogen and oxygen atoms in total. The minimum Gasteiger partial charge on any atom is -0.366 e. The summed E-state index contributed by atoms with van der Waals surface area (Å²) in [5.41, 5.74) is 0.328. The standard InChI is InChI=1S/C11H12N2O3/c1-7(11(15)16)13-6-4-9-8(10(13)14)3-2-5-12-9/h2-7,11,15-16H,1H3/t7-/m1/s1. The summed E-state index contributed by atoms with van der Waals surface area (Å²) in [6.07, 6.45) is 1.56. The Morgan fingerprint density at radius 3 is 2.81 bits per heavy atom. The quantitative estimate of drug-likeness (QED) is 0.712. The van der Waals surface area contributed by atoms with Crippen LogP contribution in [0.15, 0.2) is 35.4 Å². The molecule has 0 aliphatic heterocycles. The summed E-state index contributed by atoms with van der Waals surface area (Å²) in [6.45, 7) is 1.56. The molecule has 5 heteroatoms. The van der Waals surface area contributed by atoms with Crippen LogP contribution in [0.3, 0.4) is 0 Å². The molecule has 2 aromatic heterocycles. The molecule has 0 spiro atoms. The highest BCUT2D eigenvalue weighted by Crippen LogP contribution is 2.10. The van der Waals surface area contributed by atoms with Crippen molar-refractivity contribution in [2.24, 2.45) is 0 Å². The lowest BCUT2D eigenvalue weighted by atomic mass is 10.2. The second kappa shape index (κ2) is 4.03. The van der Waals surface area contributed by atoms with E-state index >= 15 is 0 Å². The molecule has 0 unspecified atom stereocenters. The van der Waals surface area contributed by atoms with Crippen LogP contribution in [-0.4, -0.2) is 26.1 Å². The lowest BCUT2D eigenvalue weighted by molar-refractivity contribution is -0.0736. The first-order valence-electron chi connectivity index (χ1n) is 4.93. The van der Waals surface area contributed by atoms with Crippen molar-refractivity contribution in [1.29, 1.82) is 0 Å². The second-order valence-corrected chi connectivity index (χ2v) is 3.62. The number of aliphatic hydroxyl groups is 2. The molecular formula is C11H12N2O3. The first-order chi connectivity index (χ1) is 7.61. The molecule has 84 valence electrons. The summed E-state index contributed by atoms with van der Waals surface area (Å²) >= 11 is 0. The van der Waals surface area contributed by atoms with Crippen molar-refractivity contribution in [3.05, 3.63) is 40.9 Å². The highest BCUT2D eigenvalue weighted by Gasteiger charge is 2.14. The van der Waals surface area contributed by atoms with E-state index in [-0.39, 0.29) is 5.56 Å². The Labute approximate surface area is 91.6 Å². The zero-order chi connectivity index (χ0) is 11.7. The van der Waals surface area contributed by atoms with Crippen LogP contribution < -0.4 is 5.56 Å². The molecule has 0 aromatic carbocycles. The van der Waals surface area contributed by atoms with Gasteiger partial charge in [-0.3, -0.25) is 9.78 Å². The Bertz CT molecular complexity index is 562. The minimum absolute atomic E-state index is 0.272. The highest BCUT2D eigenvalue weighted by atomic mass is 16.5. The SMILES string of the molecule is C[C@H](C(O)O)n1ccc2ncccc2c1=O. The monoisotopic (exact) mass is 220 g/mol. The predicted molar refractivity (Wildman–Crippen MR) is 58.9 cm³/mol. The van der Waals surface area contributed by atoms with Gasteiger partial charge in [0.2, 0.25) is 0 Å². The van der Waals surface area contributed by atoms with Gasteiger partial charge in [-0.05, 0) is 25.1 Å². The van der Waals surface area contributed by atoms with Crippen LogP contribution in [0.2, 0.25) is 0 Å². The van der Waals surface area contributed by atoms with E-state index in [2.05, 4.69) is 4.98 Å². The van der Waals surface area contributed by atoms with Gasteiger partial charge >= 0.3 is 0 Å². The maximum absolute atomic E-state index is 12.0. The van der Waals surface area contributed by atoms with E-state index < -0.39 is 12.3 Å². The van der Waals surface area contributed by atoms with Crippen LogP contribution >= 0.6 is 0 Å². The zero-order valence-corrected chi connectivity index (χ0v) is 8.74. The van der Waals surface area contributed by atoms with Crippen molar-refractivity contribution in [3.8, 4) is 0 Å². The van der Waals surface area contributed by atoms with E-state index in [1.807, 2.05) is 0 Å². The number of rotatable bonds is 2. The van der Waals surface area contributed by atoms with E-state index in [0.717, 1.165) is 0 Å². The van der Waals surface area contributed by atoms with Gasteiger partial charge in [0.15, 0.2) is 6.29 Å². The fraction of sp³-hybridized carbons (Fsp3) is 0.273. The zero-order valence-electron chi connectivity index (χ0n) is 8.74. The molecule has 2 rings (SSSR count). The van der Waals surface area contributed by atoms with Crippen LogP contribution in [0, 0.1) is 0 Å². The van der Waals surface area contributed by atoms with Gasteiger partial charge in [0.1, 0.15) is 0 Å². The van der Waals surface area contributed by atoms with Crippen LogP contribution in [-0.2, 0) is 0 Å². The molecule has 2 N–H and O–H groups in total. The molecule has 0 amide bonds. The lowest BCUT2D eigenvalue weighted by Crippen LogP contribution is -2.30. The third-order valence-electron chi connectivity index (χ3n) is 2.57. The lowest BCUT2D eigenvalue weighted by Gasteiger charge is -2.16. The van der Waals surface area contributed by atoms with Gasteiger partial charge in [0.05, 0.1) is 16.9 Å². The largest absolute Gasteiger partial charge is 0.366 e. The van der Waals surface area contributed by atoms with Crippen molar-refractivity contribution in [2.75, 3.05) is 0 Å². The average Bonchev–Trinajstić information content (AvgIpc) is 2.29. The first kappa shape index (κ1) is 10.8. The van der Waals surface area contributed by atoms with Gasteiger partial charge in [0.25, 0.3) is 5.56 Å². The maximum Gasteiger partial charge on any atom is 0.260 e. The van der Waals surface area contributed by atoms with Crippen LogP contribution in [0.25, 0.3) is 10.9 Å². The summed E-state index contributed by atoms with van der Waals surface area (Å²) in [7, 11) is 0. The number of aliphatic hydroxyl groups excluding tert-OH is 1. The third kappa shape index (κ3) is 1.70. The van der Waals surface area contributed by atoms with Crippen molar-refractivity contribution < 1.29 is 10.2 Å². The fourth-order valence-electron chi connectivity index (χ4n) is 1.55. The number of nitrogens with zero attached hydrogens (tertiary/aromatic N) is 2. The molecule has 0 saturated heterocycles. The molecule has 0 aliphatic rings. The number of aromatic nitrogens is 2. The van der Waals surface area contributed by atoms with E-state index in [9.17, 15) is 4.79 Å². The first-order valence-corrected chi connectivity index (χ1v) is 4.93. The minimum atomic E-state index is -1.56. The van der Waals surface area contributed by atoms with Gasteiger partial charge in [0, 0.05) is 12.4 Å². The van der Waals surface area contributed by atoms with Crippen LogP contribution in [0.5, 0.6) is 0 Å². The summed E-state index contributed by atoms with van der Waals surface area (Å²) in [4.78, 5) is 16.0. The van der Waals surface area contributed by atoms with Gasteiger partial charge < -0.3 is 14.8 Å². The Morgan fingerprint density at radius 2 is 2.12 bits per heavy atom. The summed E-state index contributed by atoms with van der Waals surface area (Å²) in [6, 6.07) is 4.33. The van der Waals surface area contributed by atoms with Gasteiger partial charge in [-0.25, -0.2) is 0 Å². The Balaban J connectivity index is 2.66. The Hall–Kier alpha value is -1.72. The van der Waals surface area contributed by atoms with Crippen molar-refractivity contribution >= 4 is 10.9 Å². The molecule has 0 fully saturated rings. The van der Waals surface area contributed by atoms with Gasteiger partial charge in [-0.1, -0.05) is 0 Å². The van der Waals surface area contributed by atoms with Gasteiger partial charge in [-0.15, -0.1) is 0 Å². The predicted octanol–water partition coefficient (Wildman–Crippen LogP) is 0.268. The van der Waals surface area contributed by atoms with Crippen molar-refractivity contribution in [1.82, 2.24) is 9.55 Å². The summed E-state index contributed by atoms with van der Waals surface area (Å²) in [5.74, 6) is 0. The molecule has 0 bridgehead atoms. The molecule has 0 saturated carbocycles. The topological polar surface area (TPSA) is 75.3 Å². The molecule has 0 radical (unpaired) electrons. The van der Waals surface area contributed by atoms with Crippen LogP contribution in [0.4, 0.5) is 0 Å². The summed E-state index contributed by atoms with van der Waals surface area (Å²) < 4.78 is 1.29. The van der Waals surface area contributed by atoms with Crippen molar-refractivity contribution in [2.45, 2.75) is 19.3 Å². The number of fused-ring (bicyclic) bond motifs is 1. The smallest absolute Gasteiger partial charge is 0.260 e. The van der Waals surface area contributed by atoms with Crippen LogP contribution in [0.1, 0.15) is 13.0 Å². The normalized spacial score (nSPS) is 13.2. The average molecular weight is 220 g/mol. The summed E-state index contributed by atoms with van der Waals surface area (Å²) in [5, 5.41) is 18.6. The van der Waals surface area contributed by atoms with Gasteiger partial charge in [-0.2, -0.15) is 0 Å². The van der Waals surface area contributed by atoms with Crippen molar-refractivity contribution in [3.63, 3.8) is 0 Å².